The number of methoxy groups -OCH3 is 1. The van der Waals surface area contributed by atoms with Crippen LogP contribution in [-0.2, 0) is 17.9 Å². The number of ether oxygens (including phenoxy) is 2. The summed E-state index contributed by atoms with van der Waals surface area (Å²) < 4.78 is 12.0. The summed E-state index contributed by atoms with van der Waals surface area (Å²) in [5, 5.41) is 10.0. The minimum atomic E-state index is -0.311. The Morgan fingerprint density at radius 1 is 1.05 bits per heavy atom. The van der Waals surface area contributed by atoms with Gasteiger partial charge in [-0.3, -0.25) is 9.69 Å². The molecule has 0 aliphatic carbocycles. The Balaban J connectivity index is 1.66. The lowest BCUT2D eigenvalue weighted by molar-refractivity contribution is -0.0241. The van der Waals surface area contributed by atoms with Gasteiger partial charge in [0.2, 0.25) is 0 Å². The van der Waals surface area contributed by atoms with Crippen molar-refractivity contribution in [3.8, 4) is 16.9 Å². The van der Waals surface area contributed by atoms with Crippen LogP contribution in [0.2, 0.25) is 0 Å². The third kappa shape index (κ3) is 6.39. The predicted octanol–water partition coefficient (Wildman–Crippen LogP) is 4.85. The number of likely N-dealkylation sites (N-methyl/N-ethyl adjacent to an activating group) is 1. The van der Waals surface area contributed by atoms with Gasteiger partial charge in [0.25, 0.3) is 5.91 Å². The van der Waals surface area contributed by atoms with E-state index in [1.165, 1.54) is 0 Å². The molecule has 0 saturated heterocycles. The second-order valence-corrected chi connectivity index (χ2v) is 10.1. The van der Waals surface area contributed by atoms with Crippen LogP contribution >= 0.6 is 0 Å². The summed E-state index contributed by atoms with van der Waals surface area (Å²) in [4.78, 5) is 18.0. The van der Waals surface area contributed by atoms with Crippen LogP contribution in [0.1, 0.15) is 35.3 Å². The maximum Gasteiger partial charge on any atom is 0.254 e. The smallest absolute Gasteiger partial charge is 0.254 e. The predicted molar refractivity (Wildman–Crippen MR) is 147 cm³/mol. The number of hydrogen-bond acceptors (Lipinski definition) is 5. The van der Waals surface area contributed by atoms with Gasteiger partial charge < -0.3 is 19.5 Å². The zero-order valence-electron chi connectivity index (χ0n) is 22.3. The molecule has 0 radical (unpaired) electrons. The fourth-order valence-corrected chi connectivity index (χ4v) is 5.01. The van der Waals surface area contributed by atoms with Crippen LogP contribution in [0.3, 0.4) is 0 Å². The van der Waals surface area contributed by atoms with Gasteiger partial charge in [0, 0.05) is 31.1 Å². The number of fused-ring (bicyclic) bond motifs is 3. The lowest BCUT2D eigenvalue weighted by Gasteiger charge is -2.35. The van der Waals surface area contributed by atoms with Crippen LogP contribution < -0.4 is 4.74 Å². The molecule has 3 aromatic carbocycles. The van der Waals surface area contributed by atoms with Crippen LogP contribution in [0.15, 0.2) is 72.8 Å². The van der Waals surface area contributed by atoms with Crippen LogP contribution in [0, 0.1) is 5.92 Å². The van der Waals surface area contributed by atoms with Gasteiger partial charge in [-0.2, -0.15) is 0 Å². The van der Waals surface area contributed by atoms with E-state index >= 15 is 0 Å². The number of aliphatic hydroxyl groups is 1. The number of hydrogen-bond donors (Lipinski definition) is 1. The van der Waals surface area contributed by atoms with E-state index < -0.39 is 0 Å². The molecule has 196 valence electrons. The van der Waals surface area contributed by atoms with E-state index in [0.29, 0.717) is 25.3 Å². The minimum absolute atomic E-state index is 0.0446. The Hall–Kier alpha value is -3.19. The Morgan fingerprint density at radius 3 is 2.49 bits per heavy atom. The SMILES string of the molecule is COc1cccc(CN(C)C[C@H]2OCc3ccccc3-c3ccccc3C(=O)N([C@@H](C)CO)C[C@H]2C)c1. The maximum atomic E-state index is 13.9. The first-order chi connectivity index (χ1) is 17.9. The number of carbonyl (C=O) groups excluding carboxylic acids is 1. The van der Waals surface area contributed by atoms with Crippen molar-refractivity contribution >= 4 is 5.91 Å². The van der Waals surface area contributed by atoms with Gasteiger partial charge in [0.05, 0.1) is 32.5 Å². The van der Waals surface area contributed by atoms with Gasteiger partial charge in [-0.05, 0) is 54.4 Å². The molecule has 4 rings (SSSR count). The molecule has 0 spiro atoms. The van der Waals surface area contributed by atoms with Crippen molar-refractivity contribution in [1.29, 1.82) is 0 Å². The van der Waals surface area contributed by atoms with Gasteiger partial charge in [-0.15, -0.1) is 0 Å². The summed E-state index contributed by atoms with van der Waals surface area (Å²) in [6, 6.07) is 23.7. The highest BCUT2D eigenvalue weighted by Gasteiger charge is 2.30. The van der Waals surface area contributed by atoms with Crippen molar-refractivity contribution in [3.05, 3.63) is 89.5 Å². The van der Waals surface area contributed by atoms with E-state index in [2.05, 4.69) is 43.1 Å². The average Bonchev–Trinajstić information content (AvgIpc) is 2.94. The molecule has 1 aliphatic rings. The number of amides is 1. The van der Waals surface area contributed by atoms with Crippen molar-refractivity contribution < 1.29 is 19.4 Å². The van der Waals surface area contributed by atoms with Crippen molar-refractivity contribution in [1.82, 2.24) is 9.80 Å². The average molecular weight is 503 g/mol. The summed E-state index contributed by atoms with van der Waals surface area (Å²) in [6.45, 7) is 6.32. The number of aliphatic hydroxyl groups excluding tert-OH is 1. The van der Waals surface area contributed by atoms with E-state index in [9.17, 15) is 9.90 Å². The molecule has 1 heterocycles. The lowest BCUT2D eigenvalue weighted by atomic mass is 9.94. The number of rotatable bonds is 7. The molecular formula is C31H38N2O4. The van der Waals surface area contributed by atoms with Gasteiger partial charge in [-0.1, -0.05) is 61.5 Å². The first-order valence-corrected chi connectivity index (χ1v) is 12.9. The molecule has 3 atom stereocenters. The number of benzene rings is 3. The van der Waals surface area contributed by atoms with E-state index in [-0.39, 0.29) is 30.6 Å². The molecule has 3 aromatic rings. The topological polar surface area (TPSA) is 62.2 Å². The fourth-order valence-electron chi connectivity index (χ4n) is 5.01. The lowest BCUT2D eigenvalue weighted by Crippen LogP contribution is -2.47. The highest BCUT2D eigenvalue weighted by Crippen LogP contribution is 2.31. The zero-order chi connectivity index (χ0) is 26.4. The van der Waals surface area contributed by atoms with Crippen molar-refractivity contribution in [2.24, 2.45) is 5.92 Å². The zero-order valence-corrected chi connectivity index (χ0v) is 22.3. The molecule has 0 bridgehead atoms. The van der Waals surface area contributed by atoms with Gasteiger partial charge in [-0.25, -0.2) is 0 Å². The fraction of sp³-hybridized carbons (Fsp3) is 0.387. The van der Waals surface area contributed by atoms with Gasteiger partial charge >= 0.3 is 0 Å². The Morgan fingerprint density at radius 2 is 1.76 bits per heavy atom. The summed E-state index contributed by atoms with van der Waals surface area (Å²) in [7, 11) is 3.77. The molecule has 0 fully saturated rings. The van der Waals surface area contributed by atoms with Crippen LogP contribution in [-0.4, -0.2) is 66.8 Å². The molecule has 6 nitrogen and oxygen atoms in total. The van der Waals surface area contributed by atoms with E-state index in [4.69, 9.17) is 9.47 Å². The first-order valence-electron chi connectivity index (χ1n) is 12.9. The van der Waals surface area contributed by atoms with E-state index in [1.807, 2.05) is 55.5 Å². The van der Waals surface area contributed by atoms with E-state index in [0.717, 1.165) is 34.5 Å². The maximum absolute atomic E-state index is 13.9. The van der Waals surface area contributed by atoms with Crippen molar-refractivity contribution in [2.75, 3.05) is 33.9 Å². The van der Waals surface area contributed by atoms with Crippen molar-refractivity contribution in [2.45, 2.75) is 39.1 Å². The molecule has 37 heavy (non-hydrogen) atoms. The summed E-state index contributed by atoms with van der Waals surface area (Å²) in [5.41, 5.74) is 4.76. The third-order valence-corrected chi connectivity index (χ3v) is 7.17. The molecular weight excluding hydrogens is 464 g/mol. The van der Waals surface area contributed by atoms with Gasteiger partial charge in [0.15, 0.2) is 0 Å². The van der Waals surface area contributed by atoms with Crippen molar-refractivity contribution in [3.63, 3.8) is 0 Å². The molecule has 0 aromatic heterocycles. The Kier molecular flexibility index (Phi) is 8.98. The summed E-state index contributed by atoms with van der Waals surface area (Å²) in [6.07, 6.45) is -0.119. The molecule has 6 heteroatoms. The standard InChI is InChI=1S/C31H38N2O4/c1-22-17-33(23(2)20-34)31(35)29-15-8-7-14-28(29)27-13-6-5-11-25(27)21-37-30(22)19-32(3)18-24-10-9-12-26(16-24)36-4/h5-16,22-23,30,34H,17-21H2,1-4H3/t22-,23+,30-/m1/s1. The highest BCUT2D eigenvalue weighted by atomic mass is 16.5. The number of carbonyl (C=O) groups is 1. The summed E-state index contributed by atoms with van der Waals surface area (Å²) in [5.74, 6) is 0.820. The highest BCUT2D eigenvalue weighted by molar-refractivity contribution is 6.01. The van der Waals surface area contributed by atoms with E-state index in [1.54, 1.807) is 12.0 Å². The molecule has 0 unspecified atom stereocenters. The quantitative estimate of drug-likeness (QED) is 0.500. The summed E-state index contributed by atoms with van der Waals surface area (Å²) >= 11 is 0. The number of nitrogens with zero attached hydrogens (tertiary/aromatic N) is 2. The molecule has 1 amide bonds. The molecule has 1 N–H and O–H groups in total. The van der Waals surface area contributed by atoms with Crippen LogP contribution in [0.25, 0.3) is 11.1 Å². The minimum Gasteiger partial charge on any atom is -0.497 e. The second-order valence-electron chi connectivity index (χ2n) is 10.1. The Bertz CT molecular complexity index is 1200. The van der Waals surface area contributed by atoms with Crippen LogP contribution in [0.4, 0.5) is 0 Å². The van der Waals surface area contributed by atoms with Gasteiger partial charge in [0.1, 0.15) is 5.75 Å². The Labute approximate surface area is 220 Å². The second kappa shape index (κ2) is 12.4. The third-order valence-electron chi connectivity index (χ3n) is 7.17. The largest absolute Gasteiger partial charge is 0.497 e. The van der Waals surface area contributed by atoms with Crippen LogP contribution in [0.5, 0.6) is 5.75 Å². The first kappa shape index (κ1) is 26.9. The molecule has 1 aliphatic heterocycles. The monoisotopic (exact) mass is 502 g/mol. The molecule has 0 saturated carbocycles. The normalized spacial score (nSPS) is 19.1.